The largest absolute Gasteiger partial charge is 0.491 e. The molecular formula is C18H30N2O. The van der Waals surface area contributed by atoms with Gasteiger partial charge in [-0.25, -0.2) is 0 Å². The second-order valence-corrected chi connectivity index (χ2v) is 6.49. The molecule has 3 nitrogen and oxygen atoms in total. The zero-order chi connectivity index (χ0) is 15.1. The Balaban J connectivity index is 1.71. The summed E-state index contributed by atoms with van der Waals surface area (Å²) in [5.41, 5.74) is 1.26. The van der Waals surface area contributed by atoms with Gasteiger partial charge in [0.2, 0.25) is 0 Å². The number of hydrogen-bond donors (Lipinski definition) is 1. The Morgan fingerprint density at radius 1 is 1.24 bits per heavy atom. The lowest BCUT2D eigenvalue weighted by atomic mass is 9.94. The molecule has 0 saturated carbocycles. The minimum Gasteiger partial charge on any atom is -0.491 e. The lowest BCUT2D eigenvalue weighted by molar-refractivity contribution is 0.211. The third-order valence-corrected chi connectivity index (χ3v) is 4.22. The van der Waals surface area contributed by atoms with Crippen molar-refractivity contribution >= 4 is 0 Å². The molecule has 2 rings (SSSR count). The van der Waals surface area contributed by atoms with Crippen LogP contribution in [-0.4, -0.2) is 37.7 Å². The summed E-state index contributed by atoms with van der Waals surface area (Å²) in [6, 6.07) is 8.34. The van der Waals surface area contributed by atoms with Crippen LogP contribution < -0.4 is 10.1 Å². The number of rotatable bonds is 7. The maximum Gasteiger partial charge on any atom is 0.124 e. The molecule has 0 radical (unpaired) electrons. The van der Waals surface area contributed by atoms with Crippen molar-refractivity contribution in [2.45, 2.75) is 45.8 Å². The lowest BCUT2D eigenvalue weighted by Gasteiger charge is -2.28. The van der Waals surface area contributed by atoms with Crippen LogP contribution in [0.3, 0.4) is 0 Å². The van der Waals surface area contributed by atoms with Crippen LogP contribution in [0.4, 0.5) is 0 Å². The van der Waals surface area contributed by atoms with E-state index in [9.17, 15) is 0 Å². The highest BCUT2D eigenvalue weighted by Crippen LogP contribution is 2.20. The molecule has 1 N–H and O–H groups in total. The van der Waals surface area contributed by atoms with Crippen LogP contribution in [-0.2, 0) is 6.54 Å². The molecule has 0 aliphatic carbocycles. The summed E-state index contributed by atoms with van der Waals surface area (Å²) < 4.78 is 5.86. The second-order valence-electron chi connectivity index (χ2n) is 6.49. The van der Waals surface area contributed by atoms with E-state index in [4.69, 9.17) is 4.74 Å². The molecule has 1 aromatic rings. The van der Waals surface area contributed by atoms with Gasteiger partial charge in [0.05, 0.1) is 6.10 Å². The van der Waals surface area contributed by atoms with Gasteiger partial charge >= 0.3 is 0 Å². The normalized spacial score (nSPS) is 17.3. The highest BCUT2D eigenvalue weighted by Gasteiger charge is 2.15. The summed E-state index contributed by atoms with van der Waals surface area (Å²) in [6.07, 6.45) is 4.22. The molecule has 118 valence electrons. The lowest BCUT2D eigenvalue weighted by Crippen LogP contribution is -2.31. The fraction of sp³-hybridized carbons (Fsp3) is 0.667. The molecular weight excluding hydrogens is 260 g/mol. The Morgan fingerprint density at radius 2 is 1.95 bits per heavy atom. The van der Waals surface area contributed by atoms with Crippen LogP contribution >= 0.6 is 0 Å². The first kappa shape index (κ1) is 16.3. The second kappa shape index (κ2) is 8.40. The van der Waals surface area contributed by atoms with E-state index in [0.29, 0.717) is 0 Å². The Bertz CT molecular complexity index is 411. The average molecular weight is 290 g/mol. The summed E-state index contributed by atoms with van der Waals surface area (Å²) in [6.45, 7) is 8.67. The SMILES string of the molecule is CC(C)Oc1ccccc1CNCCC1CCN(C)CC1. The van der Waals surface area contributed by atoms with Crippen molar-refractivity contribution in [3.05, 3.63) is 29.8 Å². The summed E-state index contributed by atoms with van der Waals surface area (Å²) in [4.78, 5) is 2.43. The van der Waals surface area contributed by atoms with Crippen molar-refractivity contribution in [1.29, 1.82) is 0 Å². The Labute approximate surface area is 129 Å². The summed E-state index contributed by atoms with van der Waals surface area (Å²) >= 11 is 0. The topological polar surface area (TPSA) is 24.5 Å². The minimum atomic E-state index is 0.227. The zero-order valence-corrected chi connectivity index (χ0v) is 13.8. The first-order valence-electron chi connectivity index (χ1n) is 8.29. The first-order valence-corrected chi connectivity index (χ1v) is 8.29. The molecule has 0 atom stereocenters. The van der Waals surface area contributed by atoms with Gasteiger partial charge in [0.15, 0.2) is 0 Å². The molecule has 0 aromatic heterocycles. The fourth-order valence-corrected chi connectivity index (χ4v) is 2.90. The fourth-order valence-electron chi connectivity index (χ4n) is 2.90. The zero-order valence-electron chi connectivity index (χ0n) is 13.8. The monoisotopic (exact) mass is 290 g/mol. The van der Waals surface area contributed by atoms with Gasteiger partial charge in [-0.1, -0.05) is 18.2 Å². The van der Waals surface area contributed by atoms with Crippen molar-refractivity contribution < 1.29 is 4.74 Å². The number of para-hydroxylation sites is 1. The molecule has 3 heteroatoms. The third kappa shape index (κ3) is 5.68. The first-order chi connectivity index (χ1) is 10.1. The standard InChI is InChI=1S/C18H30N2O/c1-15(2)21-18-7-5-4-6-17(18)14-19-11-8-16-9-12-20(3)13-10-16/h4-7,15-16,19H,8-14H2,1-3H3. The van der Waals surface area contributed by atoms with E-state index in [1.165, 1.54) is 37.9 Å². The summed E-state index contributed by atoms with van der Waals surface area (Å²) in [7, 11) is 2.22. The molecule has 1 heterocycles. The number of benzene rings is 1. The molecule has 1 aliphatic rings. The van der Waals surface area contributed by atoms with E-state index in [1.807, 2.05) is 6.07 Å². The van der Waals surface area contributed by atoms with Gasteiger partial charge in [0.1, 0.15) is 5.75 Å². The number of hydrogen-bond acceptors (Lipinski definition) is 3. The maximum absolute atomic E-state index is 5.86. The van der Waals surface area contributed by atoms with Gasteiger partial charge in [-0.3, -0.25) is 0 Å². The minimum absolute atomic E-state index is 0.227. The molecule has 0 spiro atoms. The Kier molecular flexibility index (Phi) is 6.52. The van der Waals surface area contributed by atoms with Crippen LogP contribution in [0.15, 0.2) is 24.3 Å². The van der Waals surface area contributed by atoms with E-state index in [1.54, 1.807) is 0 Å². The number of nitrogens with one attached hydrogen (secondary N) is 1. The summed E-state index contributed by atoms with van der Waals surface area (Å²) in [5.74, 6) is 1.91. The van der Waals surface area contributed by atoms with Crippen LogP contribution in [0.25, 0.3) is 0 Å². The van der Waals surface area contributed by atoms with E-state index >= 15 is 0 Å². The van der Waals surface area contributed by atoms with Crippen molar-refractivity contribution in [3.8, 4) is 5.75 Å². The molecule has 21 heavy (non-hydrogen) atoms. The maximum atomic E-state index is 5.86. The van der Waals surface area contributed by atoms with Crippen molar-refractivity contribution in [1.82, 2.24) is 10.2 Å². The van der Waals surface area contributed by atoms with Gasteiger partial charge in [-0.2, -0.15) is 0 Å². The van der Waals surface area contributed by atoms with Crippen LogP contribution in [0.2, 0.25) is 0 Å². The van der Waals surface area contributed by atoms with Crippen LogP contribution in [0, 0.1) is 5.92 Å². The Hall–Kier alpha value is -1.06. The quantitative estimate of drug-likeness (QED) is 0.780. The van der Waals surface area contributed by atoms with Crippen molar-refractivity contribution in [2.75, 3.05) is 26.7 Å². The van der Waals surface area contributed by atoms with Gasteiger partial charge in [-0.15, -0.1) is 0 Å². The Morgan fingerprint density at radius 3 is 2.67 bits per heavy atom. The predicted octanol–water partition coefficient (Wildman–Crippen LogP) is 3.30. The summed E-state index contributed by atoms with van der Waals surface area (Å²) in [5, 5.41) is 3.58. The van der Waals surface area contributed by atoms with Gasteiger partial charge < -0.3 is 15.0 Å². The van der Waals surface area contributed by atoms with Crippen LogP contribution in [0.1, 0.15) is 38.7 Å². The molecule has 1 fully saturated rings. The van der Waals surface area contributed by atoms with E-state index in [0.717, 1.165) is 24.8 Å². The van der Waals surface area contributed by atoms with E-state index in [2.05, 4.69) is 49.3 Å². The van der Waals surface area contributed by atoms with Crippen molar-refractivity contribution in [2.24, 2.45) is 5.92 Å². The molecule has 1 aliphatic heterocycles. The average Bonchev–Trinajstić information content (AvgIpc) is 2.46. The highest BCUT2D eigenvalue weighted by molar-refractivity contribution is 5.33. The third-order valence-electron chi connectivity index (χ3n) is 4.22. The highest BCUT2D eigenvalue weighted by atomic mass is 16.5. The molecule has 0 amide bonds. The van der Waals surface area contributed by atoms with Crippen molar-refractivity contribution in [3.63, 3.8) is 0 Å². The van der Waals surface area contributed by atoms with E-state index < -0.39 is 0 Å². The number of nitrogens with zero attached hydrogens (tertiary/aromatic N) is 1. The number of likely N-dealkylation sites (tertiary alicyclic amines) is 1. The number of ether oxygens (including phenoxy) is 1. The van der Waals surface area contributed by atoms with Gasteiger partial charge in [0, 0.05) is 12.1 Å². The molecule has 0 bridgehead atoms. The van der Waals surface area contributed by atoms with Gasteiger partial charge in [-0.05, 0) is 71.8 Å². The van der Waals surface area contributed by atoms with Crippen LogP contribution in [0.5, 0.6) is 5.75 Å². The number of piperidine rings is 1. The smallest absolute Gasteiger partial charge is 0.124 e. The molecule has 1 aromatic carbocycles. The molecule has 0 unspecified atom stereocenters. The predicted molar refractivity (Wildman–Crippen MR) is 88.8 cm³/mol. The molecule has 1 saturated heterocycles. The van der Waals surface area contributed by atoms with Gasteiger partial charge in [0.25, 0.3) is 0 Å². The van der Waals surface area contributed by atoms with E-state index in [-0.39, 0.29) is 6.10 Å².